The fourth-order valence-corrected chi connectivity index (χ4v) is 15.1. The van der Waals surface area contributed by atoms with Crippen LogP contribution in [-0.4, -0.2) is 116 Å². The summed E-state index contributed by atoms with van der Waals surface area (Å²) in [4.78, 5) is 4.44. The number of halogens is 24. The largest absolute Gasteiger partial charge is 0.201 e. The number of nitrogens with zero attached hydrogens (tertiary/aromatic N) is 9. The number of rotatable bonds is 26. The quantitative estimate of drug-likeness (QED) is 0.0220. The number of aromatic nitrogens is 7. The maximum absolute atomic E-state index is 10.7. The molecule has 0 amide bonds. The van der Waals surface area contributed by atoms with Crippen molar-refractivity contribution < 1.29 is 162 Å². The van der Waals surface area contributed by atoms with Gasteiger partial charge in [0.2, 0.25) is 0 Å². The fraction of sp³-hybridized carbons (Fsp3) is 0.247. The Bertz CT molecular complexity index is 5740. The zero-order chi connectivity index (χ0) is 101. The molecule has 12 bridgehead atoms. The fourth-order valence-electron chi connectivity index (χ4n) is 15.1. The van der Waals surface area contributed by atoms with E-state index in [4.69, 9.17) is 42.6 Å². The van der Waals surface area contributed by atoms with Gasteiger partial charge in [-0.25, -0.2) is 23.0 Å². The number of fused-ring (bicyclic) bond motifs is 4. The Balaban J connectivity index is 0.000000225. The minimum atomic E-state index is -10.7. The van der Waals surface area contributed by atoms with Gasteiger partial charge in [-0.3, -0.25) is 0 Å². The van der Waals surface area contributed by atoms with Crippen molar-refractivity contribution in [3.8, 4) is 33.8 Å². The molecule has 0 atom stereocenters. The summed E-state index contributed by atoms with van der Waals surface area (Å²) in [5, 5.41) is 8.38. The van der Waals surface area contributed by atoms with Crippen LogP contribution in [0.5, 0.6) is 11.5 Å². The van der Waals surface area contributed by atoms with Gasteiger partial charge in [-0.15, -0.1) is 5.10 Å². The zero-order valence-corrected chi connectivity index (χ0v) is 77.9. The molecule has 18 aliphatic rings. The van der Waals surface area contributed by atoms with Crippen molar-refractivity contribution in [2.45, 2.75) is 50.5 Å². The van der Waals surface area contributed by atoms with Crippen LogP contribution in [0.1, 0.15) is 61.3 Å². The van der Waals surface area contributed by atoms with E-state index in [1.165, 1.54) is 44.5 Å². The van der Waals surface area contributed by atoms with Crippen molar-refractivity contribution in [1.29, 1.82) is 0 Å². The summed E-state index contributed by atoms with van der Waals surface area (Å²) in [6.45, 7) is 9.28. The average molecular weight is 2060 g/mol. The van der Waals surface area contributed by atoms with Crippen LogP contribution in [0, 0.1) is 0 Å². The number of hydrogen-bond donors (Lipinski definition) is 0. The van der Waals surface area contributed by atoms with Crippen molar-refractivity contribution in [3.05, 3.63) is 360 Å². The Morgan fingerprint density at radius 3 is 0.770 bits per heavy atom. The molecule has 18 aliphatic heterocycles. The zero-order valence-electron chi connectivity index (χ0n) is 74.4. The molecular formula is C93H95F24N9O9P4. The molecule has 46 heteroatoms. The van der Waals surface area contributed by atoms with E-state index < -0.39 is 42.4 Å². The molecule has 8 aromatic carbocycles. The average Bonchev–Trinajstić information content (AvgIpc) is 1.26. The number of anilines is 4. The van der Waals surface area contributed by atoms with Gasteiger partial charge in [0.25, 0.3) is 0 Å². The van der Waals surface area contributed by atoms with Crippen molar-refractivity contribution in [2.75, 3.05) is 111 Å². The van der Waals surface area contributed by atoms with E-state index in [0.717, 1.165) is 99.5 Å². The van der Waals surface area contributed by atoms with Crippen LogP contribution in [-0.2, 0) is 83.7 Å². The van der Waals surface area contributed by atoms with E-state index in [9.17, 15) is 101 Å². The molecule has 0 saturated carbocycles. The third-order valence-corrected chi connectivity index (χ3v) is 20.9. The first kappa shape index (κ1) is 108. The Kier molecular flexibility index (Phi) is 31.5. The molecule has 0 spiro atoms. The first-order valence-electron chi connectivity index (χ1n) is 42.1. The molecule has 5 aromatic heterocycles. The van der Waals surface area contributed by atoms with Gasteiger partial charge in [0.1, 0.15) is 41.6 Å². The predicted octanol–water partition coefficient (Wildman–Crippen LogP) is 27.3. The van der Waals surface area contributed by atoms with Gasteiger partial charge in [0, 0.05) is 144 Å². The first-order chi connectivity index (χ1) is 64.5. The summed E-state index contributed by atoms with van der Waals surface area (Å²) < 4.78 is 301. The summed E-state index contributed by atoms with van der Waals surface area (Å²) in [5.74, 6) is 1.53. The second-order valence-electron chi connectivity index (χ2n) is 31.7. The monoisotopic (exact) mass is 2060 g/mol. The van der Waals surface area contributed by atoms with Crippen molar-refractivity contribution >= 4 is 54.0 Å². The van der Waals surface area contributed by atoms with Gasteiger partial charge < -0.3 is 52.4 Å². The normalized spacial score (nSPS) is 15.5. The van der Waals surface area contributed by atoms with Crippen molar-refractivity contribution in [3.63, 3.8) is 0 Å². The maximum Gasteiger partial charge on any atom is 0.173 e. The third-order valence-electron chi connectivity index (χ3n) is 20.9. The van der Waals surface area contributed by atoms with Gasteiger partial charge in [-0.1, -0.05) is 151 Å². The Hall–Kier alpha value is -11.5. The topological polar surface area (TPSA) is 136 Å². The molecular weight excluding hydrogens is 1970 g/mol. The van der Waals surface area contributed by atoms with E-state index in [-0.39, 0.29) is 0 Å². The molecule has 31 rings (SSSR count). The molecule has 139 heavy (non-hydrogen) atoms. The molecule has 0 N–H and O–H groups in total. The van der Waals surface area contributed by atoms with E-state index in [1.54, 1.807) is 18.9 Å². The molecule has 0 unspecified atom stereocenters. The number of ether oxygens (including phenoxy) is 9. The van der Waals surface area contributed by atoms with Crippen molar-refractivity contribution in [1.82, 2.24) is 15.0 Å². The Morgan fingerprint density at radius 1 is 0.288 bits per heavy atom. The van der Waals surface area contributed by atoms with Gasteiger partial charge in [0.05, 0.1) is 78.8 Å². The summed E-state index contributed by atoms with van der Waals surface area (Å²) >= 11 is 0. The van der Waals surface area contributed by atoms with Gasteiger partial charge in [-0.05, 0) is 81.9 Å². The molecule has 0 radical (unpaired) electrons. The standard InChI is InChI=1S/C57H63N5O9.C36H32N4.4F6P/c1-60-52-17-9-5-13-48(52)56(63-3,49-14-6-10-18-53(49)60)43-21-25-46(26-22-43)70-39-37-67-32-31-65-30-29-62-41-45(58-59-62)42-69-36-35-66-33-34-68-38-40-71-47-27-23-44(24-28-47)57(64-4)50-15-7-11-19-54(50)61(2)55-20-12-8-16-51(55)57;1-2-30-4-3-29(1)25-37-17-9-33(10-18-37)35-13-21-39(22-14-35)27-31-5-7-32(8-6-31)28-40-23-15-36(16-24-40)34-11-19-38(26-30)20-12-34;4*1-7(2,3,4,5)6/h5-28,41H,29-40,42H2,1-4H3;1-24H,25-28H2;;;;/q;+4;4*-1. The molecule has 13 aromatic rings. The number of hydrogen-bond acceptors (Lipinski definition) is 13. The minimum absolute atomic E-state index is 0.346. The van der Waals surface area contributed by atoms with Crippen LogP contribution in [0.25, 0.3) is 22.3 Å². The number of benzene rings is 8. The number of para-hydroxylation sites is 4. The van der Waals surface area contributed by atoms with Crippen LogP contribution < -0.4 is 37.5 Å². The molecule has 18 nitrogen and oxygen atoms in total. The predicted molar refractivity (Wildman–Crippen MR) is 481 cm³/mol. The SMILES string of the molecule is COC1(c2ccc(OCCOCCOCCOCc3cn(CCOCCOCCOc4ccc(C5(OC)c6ccccc6N(C)c6ccccc65)cc4)nn3)cc2)c2ccccc2N(C)c2ccccc21.F[P-](F)(F)(F)(F)F.F[P-](F)(F)(F)(F)F.F[P-](F)(F)(F)(F)F.F[P-](F)(F)(F)(F)F.c1cc2ccc1C[n+]1ccc(cc1)-c1cc[n+](cc1)Cc1ccc(cc1)C[n+]1ccc(cc1)-c1cc[n+](cc1)C2. The summed E-state index contributed by atoms with van der Waals surface area (Å²) in [6.07, 6.45) is 19.2. The maximum atomic E-state index is 9.87. The van der Waals surface area contributed by atoms with E-state index in [2.05, 4.69) is 320 Å². The first-order valence-corrected chi connectivity index (χ1v) is 50.2. The third kappa shape index (κ3) is 37.2. The van der Waals surface area contributed by atoms with Crippen LogP contribution >= 0.6 is 31.2 Å². The smallest absolute Gasteiger partial charge is 0.173 e. The van der Waals surface area contributed by atoms with E-state index in [0.29, 0.717) is 85.8 Å². The van der Waals surface area contributed by atoms with Crippen LogP contribution in [0.4, 0.5) is 123 Å². The van der Waals surface area contributed by atoms with Gasteiger partial charge in [0.15, 0.2) is 75.8 Å². The van der Waals surface area contributed by atoms with Gasteiger partial charge >= 0.3 is 132 Å². The molecule has 0 aliphatic carbocycles. The Labute approximate surface area is 782 Å². The minimum Gasteiger partial charge on any atom is -0.201 e. The van der Waals surface area contributed by atoms with Crippen molar-refractivity contribution in [2.24, 2.45) is 0 Å². The van der Waals surface area contributed by atoms with E-state index in [1.807, 2.05) is 30.5 Å². The van der Waals surface area contributed by atoms with Crippen LogP contribution in [0.2, 0.25) is 0 Å². The summed E-state index contributed by atoms with van der Waals surface area (Å²) in [6, 6.07) is 85.4. The number of methoxy groups -OCH3 is 2. The second-order valence-corrected chi connectivity index (χ2v) is 39.3. The van der Waals surface area contributed by atoms with Crippen LogP contribution in [0.3, 0.4) is 0 Å². The molecule has 23 heterocycles. The summed E-state index contributed by atoms with van der Waals surface area (Å²) in [5.41, 5.74) is 20.3. The van der Waals surface area contributed by atoms with Crippen LogP contribution in [0.15, 0.2) is 298 Å². The molecule has 0 saturated heterocycles. The molecule has 754 valence electrons. The van der Waals surface area contributed by atoms with E-state index >= 15 is 0 Å². The Morgan fingerprint density at radius 2 is 0.518 bits per heavy atom. The van der Waals surface area contributed by atoms with Gasteiger partial charge in [-0.2, -0.15) is 0 Å². The second kappa shape index (κ2) is 40.6. The summed E-state index contributed by atoms with van der Waals surface area (Å²) in [7, 11) is -34.9. The molecule has 0 fully saturated rings. The number of pyridine rings is 4.